The molecule has 2 rings (SSSR count). The number of hydrogen-bond acceptors (Lipinski definition) is 2. The molecule has 0 spiro atoms. The van der Waals surface area contributed by atoms with Gasteiger partial charge in [-0.2, -0.15) is 0 Å². The summed E-state index contributed by atoms with van der Waals surface area (Å²) < 4.78 is 0. The molecule has 0 bridgehead atoms. The molecule has 0 saturated carbocycles. The molecule has 22 heavy (non-hydrogen) atoms. The molecule has 1 heterocycles. The highest BCUT2D eigenvalue weighted by molar-refractivity contribution is 5.96. The molecule has 1 N–H and O–H groups in total. The van der Waals surface area contributed by atoms with Crippen LogP contribution in [-0.4, -0.2) is 36.3 Å². The minimum atomic E-state index is -0.156. The summed E-state index contributed by atoms with van der Waals surface area (Å²) in [7, 11) is 0. The largest absolute Gasteiger partial charge is 0.356 e. The number of amides is 2. The third kappa shape index (κ3) is 5.51. The van der Waals surface area contributed by atoms with Gasteiger partial charge >= 0.3 is 0 Å². The average Bonchev–Trinajstić information content (AvgIpc) is 2.52. The Morgan fingerprint density at radius 2 is 2.05 bits per heavy atom. The van der Waals surface area contributed by atoms with Gasteiger partial charge in [0, 0.05) is 19.6 Å². The van der Waals surface area contributed by atoms with Gasteiger partial charge in [-0.25, -0.2) is 0 Å². The molecule has 1 unspecified atom stereocenters. The zero-order valence-corrected chi connectivity index (χ0v) is 13.4. The molecule has 1 aromatic carbocycles. The highest BCUT2D eigenvalue weighted by Crippen LogP contribution is 2.16. The Bertz CT molecular complexity index is 487. The van der Waals surface area contributed by atoms with E-state index in [1.807, 2.05) is 23.1 Å². The number of benzene rings is 1. The Morgan fingerprint density at radius 3 is 2.77 bits per heavy atom. The Hall–Kier alpha value is -1.84. The van der Waals surface area contributed by atoms with E-state index in [0.717, 1.165) is 32.4 Å². The van der Waals surface area contributed by atoms with Crippen LogP contribution in [0.2, 0.25) is 0 Å². The third-order valence-electron chi connectivity index (χ3n) is 4.13. The van der Waals surface area contributed by atoms with Gasteiger partial charge in [-0.15, -0.1) is 0 Å². The summed E-state index contributed by atoms with van der Waals surface area (Å²) in [6.07, 6.45) is 4.04. The molecule has 1 aromatic rings. The van der Waals surface area contributed by atoms with Gasteiger partial charge in [0.05, 0.1) is 0 Å². The van der Waals surface area contributed by atoms with Crippen LogP contribution in [0.1, 0.15) is 38.2 Å². The van der Waals surface area contributed by atoms with Crippen LogP contribution in [0.5, 0.6) is 0 Å². The molecule has 1 saturated heterocycles. The van der Waals surface area contributed by atoms with E-state index in [0.29, 0.717) is 12.5 Å². The van der Waals surface area contributed by atoms with E-state index in [1.165, 1.54) is 12.0 Å². The number of piperidine rings is 1. The van der Waals surface area contributed by atoms with E-state index < -0.39 is 0 Å². The number of likely N-dealkylation sites (tertiary alicyclic amines) is 1. The summed E-state index contributed by atoms with van der Waals surface area (Å²) in [5.74, 6) is 0.357. The normalized spacial score (nSPS) is 18.0. The van der Waals surface area contributed by atoms with Crippen LogP contribution in [-0.2, 0) is 16.0 Å². The van der Waals surface area contributed by atoms with Crippen molar-refractivity contribution in [3.05, 3.63) is 35.9 Å². The first kappa shape index (κ1) is 16.5. The predicted molar refractivity (Wildman–Crippen MR) is 87.4 cm³/mol. The van der Waals surface area contributed by atoms with Crippen molar-refractivity contribution in [2.45, 2.75) is 39.0 Å². The number of carbonyl (C=O) groups excluding carboxylic acids is 2. The van der Waals surface area contributed by atoms with Gasteiger partial charge in [-0.1, -0.05) is 37.3 Å². The fraction of sp³-hybridized carbons (Fsp3) is 0.556. The van der Waals surface area contributed by atoms with E-state index in [9.17, 15) is 9.59 Å². The van der Waals surface area contributed by atoms with Crippen molar-refractivity contribution in [1.29, 1.82) is 0 Å². The smallest absolute Gasteiger partial charge is 0.232 e. The monoisotopic (exact) mass is 302 g/mol. The lowest BCUT2D eigenvalue weighted by molar-refractivity contribution is -0.137. The summed E-state index contributed by atoms with van der Waals surface area (Å²) in [5, 5.41) is 2.85. The van der Waals surface area contributed by atoms with E-state index in [-0.39, 0.29) is 18.2 Å². The molecule has 0 aliphatic carbocycles. The Kier molecular flexibility index (Phi) is 6.44. The molecule has 120 valence electrons. The molecule has 4 heteroatoms. The molecular formula is C18H26N2O2. The first-order valence-electron chi connectivity index (χ1n) is 8.23. The summed E-state index contributed by atoms with van der Waals surface area (Å²) in [5.41, 5.74) is 1.27. The molecule has 2 amide bonds. The number of rotatable bonds is 6. The average molecular weight is 302 g/mol. The fourth-order valence-electron chi connectivity index (χ4n) is 2.89. The number of carbonyl (C=O) groups is 2. The van der Waals surface area contributed by atoms with Gasteiger partial charge in [0.1, 0.15) is 6.42 Å². The maximum atomic E-state index is 12.1. The van der Waals surface area contributed by atoms with Crippen molar-refractivity contribution in [2.75, 3.05) is 19.6 Å². The van der Waals surface area contributed by atoms with Gasteiger partial charge in [0.25, 0.3) is 0 Å². The number of nitrogens with zero attached hydrogens (tertiary/aromatic N) is 1. The maximum absolute atomic E-state index is 12.1. The molecular weight excluding hydrogens is 276 g/mol. The first-order valence-corrected chi connectivity index (χ1v) is 8.23. The quantitative estimate of drug-likeness (QED) is 0.648. The summed E-state index contributed by atoms with van der Waals surface area (Å²) in [4.78, 5) is 25.7. The van der Waals surface area contributed by atoms with Crippen LogP contribution in [0.25, 0.3) is 0 Å². The molecule has 1 aliphatic rings. The Balaban J connectivity index is 1.62. The second-order valence-electron chi connectivity index (χ2n) is 6.20. The number of aryl methyl sites for hydroxylation is 1. The van der Waals surface area contributed by atoms with Gasteiger partial charge in [-0.05, 0) is 37.2 Å². The van der Waals surface area contributed by atoms with E-state index in [1.54, 1.807) is 0 Å². The second kappa shape index (κ2) is 8.57. The lowest BCUT2D eigenvalue weighted by Crippen LogP contribution is -2.41. The second-order valence-corrected chi connectivity index (χ2v) is 6.20. The van der Waals surface area contributed by atoms with E-state index in [4.69, 9.17) is 0 Å². The van der Waals surface area contributed by atoms with Gasteiger partial charge < -0.3 is 10.2 Å². The van der Waals surface area contributed by atoms with E-state index >= 15 is 0 Å². The molecule has 4 nitrogen and oxygen atoms in total. The molecule has 1 fully saturated rings. The Labute approximate surface area is 132 Å². The van der Waals surface area contributed by atoms with Gasteiger partial charge in [0.2, 0.25) is 11.8 Å². The molecule has 0 aromatic heterocycles. The Morgan fingerprint density at radius 1 is 1.27 bits per heavy atom. The minimum absolute atomic E-state index is 0.0158. The standard InChI is InChI=1S/C18H26N2O2/c1-15-7-6-12-20(14-15)18(22)13-17(21)19-11-5-10-16-8-3-2-4-9-16/h2-4,8-9,15H,5-7,10-14H2,1H3,(H,19,21). The molecule has 1 atom stereocenters. The first-order chi connectivity index (χ1) is 10.6. The highest BCUT2D eigenvalue weighted by atomic mass is 16.2. The lowest BCUT2D eigenvalue weighted by atomic mass is 10.00. The van der Waals surface area contributed by atoms with Crippen LogP contribution in [0.4, 0.5) is 0 Å². The summed E-state index contributed by atoms with van der Waals surface area (Å²) in [6, 6.07) is 10.2. The third-order valence-corrected chi connectivity index (χ3v) is 4.13. The summed E-state index contributed by atoms with van der Waals surface area (Å²) in [6.45, 7) is 4.37. The van der Waals surface area contributed by atoms with Crippen LogP contribution >= 0.6 is 0 Å². The fourth-order valence-corrected chi connectivity index (χ4v) is 2.89. The van der Waals surface area contributed by atoms with Crippen molar-refractivity contribution >= 4 is 11.8 Å². The van der Waals surface area contributed by atoms with Crippen molar-refractivity contribution in [3.63, 3.8) is 0 Å². The summed E-state index contributed by atoms with van der Waals surface area (Å²) >= 11 is 0. The van der Waals surface area contributed by atoms with Crippen molar-refractivity contribution in [1.82, 2.24) is 10.2 Å². The van der Waals surface area contributed by atoms with Crippen LogP contribution in [0, 0.1) is 5.92 Å². The minimum Gasteiger partial charge on any atom is -0.356 e. The zero-order valence-electron chi connectivity index (χ0n) is 13.4. The van der Waals surface area contributed by atoms with Crippen LogP contribution in [0.3, 0.4) is 0 Å². The van der Waals surface area contributed by atoms with Crippen LogP contribution in [0.15, 0.2) is 30.3 Å². The highest BCUT2D eigenvalue weighted by Gasteiger charge is 2.22. The van der Waals surface area contributed by atoms with Crippen LogP contribution < -0.4 is 5.32 Å². The van der Waals surface area contributed by atoms with Crippen molar-refractivity contribution in [3.8, 4) is 0 Å². The zero-order chi connectivity index (χ0) is 15.8. The molecule has 0 radical (unpaired) electrons. The SMILES string of the molecule is CC1CCCN(C(=O)CC(=O)NCCCc2ccccc2)C1. The molecule has 1 aliphatic heterocycles. The van der Waals surface area contributed by atoms with E-state index in [2.05, 4.69) is 24.4 Å². The number of nitrogens with one attached hydrogen (secondary N) is 1. The number of hydrogen-bond donors (Lipinski definition) is 1. The maximum Gasteiger partial charge on any atom is 0.232 e. The topological polar surface area (TPSA) is 49.4 Å². The van der Waals surface area contributed by atoms with Crippen molar-refractivity contribution in [2.24, 2.45) is 5.92 Å². The van der Waals surface area contributed by atoms with Gasteiger partial charge in [-0.3, -0.25) is 9.59 Å². The van der Waals surface area contributed by atoms with Gasteiger partial charge in [0.15, 0.2) is 0 Å². The predicted octanol–water partition coefficient (Wildman–Crippen LogP) is 2.38. The van der Waals surface area contributed by atoms with Crippen molar-refractivity contribution < 1.29 is 9.59 Å². The lowest BCUT2D eigenvalue weighted by Gasteiger charge is -2.30.